The van der Waals surface area contributed by atoms with E-state index < -0.39 is 162 Å². The highest BCUT2D eigenvalue weighted by Gasteiger charge is 2.46. The zero-order valence-electron chi connectivity index (χ0n) is 61.6. The van der Waals surface area contributed by atoms with Crippen molar-refractivity contribution in [1.29, 1.82) is 0 Å². The summed E-state index contributed by atoms with van der Waals surface area (Å²) < 4.78 is 5.92. The third-order valence-electron chi connectivity index (χ3n) is 17.5. The summed E-state index contributed by atoms with van der Waals surface area (Å²) in [4.78, 5) is 175. The predicted octanol–water partition coefficient (Wildman–Crippen LogP) is 3.30. The van der Waals surface area contributed by atoms with Crippen molar-refractivity contribution in [3.05, 3.63) is 30.1 Å². The molecule has 0 radical (unpaired) electrons. The van der Waals surface area contributed by atoms with E-state index in [1.807, 2.05) is 93.3 Å². The lowest BCUT2D eigenvalue weighted by atomic mass is 9.91. The Balaban J connectivity index is 3.03. The standard InChI is InChI=1S/C69H120N12O14/c1-38(2)31-49-64(89)78(21)52(34-41(7)8)60(85)71-46(16)69(94)95-59(44(13)14)68(93)79(22)53(35-42(9)10)62(87)73-50(32-39(3)4)65(90)80(23)56(43(11)12)67(92)81(24)57(58(84)45(15)27-30-75(18)36-48-25-28-70-29-26-48)63(88)74-55(47(17)82)66(91)76(19)37-54(83)77(20)51(33-40(5)6)61(86)72-49/h25-26,28-29,38-47,49-53,55-59,82,84H,27,30-37H2,1-24H3,(H,71,85)(H,72,86)(H,73,87)(H,74,88)/t45-,46+,47-,49+,50+,51+,52+,53+,55+,56+,57+,58-,59-/m1/s1. The van der Waals surface area contributed by atoms with Crippen LogP contribution in [0.25, 0.3) is 0 Å². The van der Waals surface area contributed by atoms with E-state index in [9.17, 15) is 48.6 Å². The van der Waals surface area contributed by atoms with E-state index in [-0.39, 0.29) is 61.7 Å². The van der Waals surface area contributed by atoms with Crippen LogP contribution in [0.1, 0.15) is 162 Å². The van der Waals surface area contributed by atoms with Gasteiger partial charge in [-0.2, -0.15) is 0 Å². The first-order chi connectivity index (χ1) is 44.0. The van der Waals surface area contributed by atoms with Gasteiger partial charge in [-0.15, -0.1) is 0 Å². The van der Waals surface area contributed by atoms with Crippen molar-refractivity contribution in [2.24, 2.45) is 47.3 Å². The topological polar surface area (TPSA) is 321 Å². The second-order valence-electron chi connectivity index (χ2n) is 29.4. The van der Waals surface area contributed by atoms with Crippen LogP contribution in [0.3, 0.4) is 0 Å². The number of cyclic esters (lactones) is 1. The molecule has 6 N–H and O–H groups in total. The second kappa shape index (κ2) is 38.8. The van der Waals surface area contributed by atoms with Gasteiger partial charge >= 0.3 is 5.97 Å². The predicted molar refractivity (Wildman–Crippen MR) is 363 cm³/mol. The average molecular weight is 1340 g/mol. The number of amides is 10. The minimum absolute atomic E-state index is 0.0711. The summed E-state index contributed by atoms with van der Waals surface area (Å²) in [7, 11) is 10.0. The number of ether oxygens (including phenoxy) is 1. The molecule has 13 atom stereocenters. The Labute approximate surface area is 566 Å². The van der Waals surface area contributed by atoms with Crippen molar-refractivity contribution in [2.45, 2.75) is 235 Å². The molecule has 2 rings (SSSR count). The van der Waals surface area contributed by atoms with E-state index in [4.69, 9.17) is 4.74 Å². The molecule has 1 aromatic heterocycles. The number of nitrogens with zero attached hydrogens (tertiary/aromatic N) is 8. The number of aliphatic hydroxyl groups is 2. The second-order valence-corrected chi connectivity index (χ2v) is 29.4. The largest absolute Gasteiger partial charge is 0.450 e. The van der Waals surface area contributed by atoms with Gasteiger partial charge in [-0.05, 0) is 131 Å². The SMILES string of the molecule is CC(C)C[C@@H]1NC(=O)[C@H](CC(C)C)N(C)C(=O)[C@@H](C(C)C)OC(=O)[C@H](C)NC(=O)[C@H](CC(C)C)N(C)C(=O)[C@H](CC(C)C)NC(=O)[C@H](CC(C)C)N(C)C(=O)CN(C)C(=O)[C@H]([C@@H](C)O)NC(=O)[C@H]([C@H](O)[C@H](C)CCN(C)Cc2ccncc2)N(C)C(=O)[C@H](C(C)C)N(C)C1=O. The van der Waals surface area contributed by atoms with Crippen LogP contribution in [0, 0.1) is 47.3 Å². The first-order valence-electron chi connectivity index (χ1n) is 33.9. The average Bonchev–Trinajstić information content (AvgIpc) is 0.833. The number of likely N-dealkylation sites (N-methyl/N-ethyl adjacent to an activating group) is 6. The molecule has 0 aromatic carbocycles. The number of pyridine rings is 1. The molecule has 95 heavy (non-hydrogen) atoms. The first-order valence-corrected chi connectivity index (χ1v) is 33.9. The zero-order chi connectivity index (χ0) is 73.0. The molecule has 0 saturated carbocycles. The van der Waals surface area contributed by atoms with Crippen LogP contribution >= 0.6 is 0 Å². The van der Waals surface area contributed by atoms with E-state index in [1.165, 1.54) is 70.8 Å². The van der Waals surface area contributed by atoms with Gasteiger partial charge < -0.3 is 70.5 Å². The number of esters is 1. The Bertz CT molecular complexity index is 2710. The van der Waals surface area contributed by atoms with E-state index in [2.05, 4.69) is 26.3 Å². The van der Waals surface area contributed by atoms with Crippen molar-refractivity contribution in [3.63, 3.8) is 0 Å². The van der Waals surface area contributed by atoms with Crippen LogP contribution in [0.4, 0.5) is 0 Å². The molecule has 1 fully saturated rings. The van der Waals surface area contributed by atoms with Gasteiger partial charge in [-0.25, -0.2) is 4.79 Å². The van der Waals surface area contributed by atoms with E-state index >= 15 is 14.4 Å². The minimum Gasteiger partial charge on any atom is -0.450 e. The summed E-state index contributed by atoms with van der Waals surface area (Å²) in [5.41, 5.74) is 0.980. The van der Waals surface area contributed by atoms with Gasteiger partial charge in [0, 0.05) is 61.2 Å². The third kappa shape index (κ3) is 25.3. The number of rotatable bonds is 20. The van der Waals surface area contributed by atoms with Gasteiger partial charge in [0.15, 0.2) is 6.10 Å². The third-order valence-corrected chi connectivity index (χ3v) is 17.5. The van der Waals surface area contributed by atoms with Gasteiger partial charge in [0.25, 0.3) is 5.91 Å². The molecular weight excluding hydrogens is 1220 g/mol. The maximum Gasteiger partial charge on any atom is 0.329 e. The minimum atomic E-state index is -1.77. The van der Waals surface area contributed by atoms with Crippen molar-refractivity contribution in [3.8, 4) is 0 Å². The van der Waals surface area contributed by atoms with Gasteiger partial charge in [0.2, 0.25) is 53.2 Å². The normalized spacial score (nSPS) is 25.6. The Kier molecular flexibility index (Phi) is 34.4. The highest BCUT2D eigenvalue weighted by Crippen LogP contribution is 2.25. The van der Waals surface area contributed by atoms with E-state index in [0.29, 0.717) is 19.5 Å². The summed E-state index contributed by atoms with van der Waals surface area (Å²) in [6, 6.07) is -8.64. The molecule has 1 aliphatic heterocycles. The lowest BCUT2D eigenvalue weighted by Crippen LogP contribution is -2.64. The lowest BCUT2D eigenvalue weighted by molar-refractivity contribution is -0.166. The Hall–Kier alpha value is -6.80. The van der Waals surface area contributed by atoms with Crippen LogP contribution < -0.4 is 21.3 Å². The molecule has 26 heteroatoms. The number of carbonyl (C=O) groups is 11. The van der Waals surface area contributed by atoms with E-state index in [0.717, 1.165) is 20.3 Å². The number of aromatic nitrogens is 1. The molecule has 1 saturated heterocycles. The van der Waals surface area contributed by atoms with E-state index in [1.54, 1.807) is 47.0 Å². The smallest absolute Gasteiger partial charge is 0.329 e. The van der Waals surface area contributed by atoms with Gasteiger partial charge in [-0.1, -0.05) is 104 Å². The monoisotopic (exact) mass is 1340 g/mol. The van der Waals surface area contributed by atoms with Crippen molar-refractivity contribution >= 4 is 65.0 Å². The fourth-order valence-electron chi connectivity index (χ4n) is 11.8. The highest BCUT2D eigenvalue weighted by molar-refractivity contribution is 5.99. The molecule has 1 aromatic rings. The molecule has 0 unspecified atom stereocenters. The number of nitrogens with one attached hydrogen (secondary N) is 4. The molecule has 0 aliphatic carbocycles. The van der Waals surface area contributed by atoms with Gasteiger partial charge in [-0.3, -0.25) is 52.9 Å². The fourth-order valence-corrected chi connectivity index (χ4v) is 11.8. The first kappa shape index (κ1) is 84.3. The van der Waals surface area contributed by atoms with Crippen LogP contribution in [0.5, 0.6) is 0 Å². The number of hydrogen-bond acceptors (Lipinski definition) is 16. The quantitative estimate of drug-likeness (QED) is 0.102. The lowest BCUT2D eigenvalue weighted by Gasteiger charge is -2.40. The Morgan fingerprint density at radius 1 is 0.516 bits per heavy atom. The summed E-state index contributed by atoms with van der Waals surface area (Å²) in [5, 5.41) is 34.8. The van der Waals surface area contributed by atoms with Gasteiger partial charge in [0.1, 0.15) is 54.4 Å². The molecule has 540 valence electrons. The van der Waals surface area contributed by atoms with Crippen molar-refractivity contribution < 1.29 is 67.7 Å². The molecule has 2 heterocycles. The molecule has 10 amide bonds. The van der Waals surface area contributed by atoms with Crippen LogP contribution in [0.15, 0.2) is 24.5 Å². The zero-order valence-corrected chi connectivity index (χ0v) is 61.6. The molecule has 26 nitrogen and oxygen atoms in total. The fraction of sp³-hybridized carbons (Fsp3) is 0.768. The molecule has 1 aliphatic rings. The number of hydrogen-bond donors (Lipinski definition) is 6. The summed E-state index contributed by atoms with van der Waals surface area (Å²) in [6.45, 7) is 29.7. The number of aliphatic hydroxyl groups excluding tert-OH is 2. The maximum atomic E-state index is 15.4. The van der Waals surface area contributed by atoms with Crippen LogP contribution in [0.2, 0.25) is 0 Å². The van der Waals surface area contributed by atoms with Crippen LogP contribution in [-0.2, 0) is 64.0 Å². The maximum absolute atomic E-state index is 15.4. The van der Waals surface area contributed by atoms with Crippen molar-refractivity contribution in [2.75, 3.05) is 62.4 Å². The van der Waals surface area contributed by atoms with Crippen molar-refractivity contribution in [1.82, 2.24) is 60.6 Å². The summed E-state index contributed by atoms with van der Waals surface area (Å²) >= 11 is 0. The summed E-state index contributed by atoms with van der Waals surface area (Å²) in [6.07, 6.45) is -0.583. The summed E-state index contributed by atoms with van der Waals surface area (Å²) in [5.74, 6) is -11.7. The van der Waals surface area contributed by atoms with Gasteiger partial charge in [0.05, 0.1) is 18.8 Å². The van der Waals surface area contributed by atoms with Crippen LogP contribution in [-0.4, -0.2) is 250 Å². The Morgan fingerprint density at radius 2 is 0.937 bits per heavy atom. The molecule has 0 spiro atoms. The number of carbonyl (C=O) groups excluding carboxylic acids is 11. The Morgan fingerprint density at radius 3 is 1.37 bits per heavy atom. The highest BCUT2D eigenvalue weighted by atomic mass is 16.6. The molecule has 0 bridgehead atoms. The molecular formula is C69H120N12O14.